The van der Waals surface area contributed by atoms with Crippen LogP contribution in [0.25, 0.3) is 0 Å². The summed E-state index contributed by atoms with van der Waals surface area (Å²) < 4.78 is 0. The van der Waals surface area contributed by atoms with E-state index in [2.05, 4.69) is 5.32 Å². The Morgan fingerprint density at radius 3 is 2.33 bits per heavy atom. The Kier molecular flexibility index (Phi) is 2.13. The minimum atomic E-state index is -1.38. The van der Waals surface area contributed by atoms with E-state index in [9.17, 15) is 19.8 Å². The van der Waals surface area contributed by atoms with E-state index in [4.69, 9.17) is 0 Å². The number of aliphatic hydroxyl groups is 2. The van der Waals surface area contributed by atoms with Crippen LogP contribution >= 0.6 is 0 Å². The summed E-state index contributed by atoms with van der Waals surface area (Å²) in [6, 6.07) is 0. The summed E-state index contributed by atoms with van der Waals surface area (Å²) in [5.74, 6) is -0.985. The molecule has 1 saturated carbocycles. The minimum absolute atomic E-state index is 0.144. The molecular formula is C10H15NO4. The number of carbonyl (C=O) groups is 2. The summed E-state index contributed by atoms with van der Waals surface area (Å²) in [6.45, 7) is 3.53. The van der Waals surface area contributed by atoms with Crippen molar-refractivity contribution in [3.05, 3.63) is 0 Å². The number of hydrogen-bond acceptors (Lipinski definition) is 4. The fraction of sp³-hybridized carbons (Fsp3) is 0.800. The number of ketones is 1. The van der Waals surface area contributed by atoms with Gasteiger partial charge in [-0.15, -0.1) is 0 Å². The highest BCUT2D eigenvalue weighted by atomic mass is 16.3. The summed E-state index contributed by atoms with van der Waals surface area (Å²) in [4.78, 5) is 22.5. The van der Waals surface area contributed by atoms with Crippen LogP contribution in [0, 0.1) is 11.8 Å². The summed E-state index contributed by atoms with van der Waals surface area (Å²) in [5, 5.41) is 22.0. The van der Waals surface area contributed by atoms with E-state index in [1.807, 2.05) is 6.92 Å². The Morgan fingerprint density at radius 2 is 1.87 bits per heavy atom. The Bertz CT molecular complexity index is 299. The van der Waals surface area contributed by atoms with Gasteiger partial charge in [0.15, 0.2) is 5.78 Å². The van der Waals surface area contributed by atoms with Gasteiger partial charge in [0.25, 0.3) is 0 Å². The molecule has 1 aliphatic heterocycles. The standard InChI is InChI=1S/C10H15NO4/c1-4-5(2)10(3-6(12)11-10)9(15)8(14)7(4)13/h4-5,8-9,14-15H,3H2,1-2H3,(H,11,12)/t4-,5+,8+,9+,10?/m0/s1. The molecule has 15 heavy (non-hydrogen) atoms. The fourth-order valence-corrected chi connectivity index (χ4v) is 2.63. The second kappa shape index (κ2) is 3.02. The third-order valence-electron chi connectivity index (χ3n) is 3.95. The number of amides is 1. The Hall–Kier alpha value is -0.940. The molecule has 0 aromatic rings. The molecule has 5 atom stereocenters. The van der Waals surface area contributed by atoms with Crippen molar-refractivity contribution in [3.8, 4) is 0 Å². The predicted molar refractivity (Wildman–Crippen MR) is 50.8 cm³/mol. The van der Waals surface area contributed by atoms with E-state index >= 15 is 0 Å². The third kappa shape index (κ3) is 1.16. The zero-order chi connectivity index (χ0) is 11.4. The lowest BCUT2D eigenvalue weighted by atomic mass is 9.60. The number of carbonyl (C=O) groups excluding carboxylic acids is 2. The number of aliphatic hydroxyl groups excluding tert-OH is 2. The zero-order valence-electron chi connectivity index (χ0n) is 8.73. The molecule has 5 heteroatoms. The fourth-order valence-electron chi connectivity index (χ4n) is 2.63. The van der Waals surface area contributed by atoms with Crippen LogP contribution in [0.2, 0.25) is 0 Å². The molecule has 3 N–H and O–H groups in total. The van der Waals surface area contributed by atoms with Crippen LogP contribution in [0.4, 0.5) is 0 Å². The maximum atomic E-state index is 11.5. The van der Waals surface area contributed by atoms with Crippen molar-refractivity contribution in [1.82, 2.24) is 5.32 Å². The molecule has 2 aliphatic rings. The third-order valence-corrected chi connectivity index (χ3v) is 3.95. The smallest absolute Gasteiger partial charge is 0.223 e. The largest absolute Gasteiger partial charge is 0.387 e. The molecule has 2 rings (SSSR count). The molecule has 84 valence electrons. The van der Waals surface area contributed by atoms with Crippen LogP contribution in [0.5, 0.6) is 0 Å². The highest BCUT2D eigenvalue weighted by Gasteiger charge is 2.61. The SMILES string of the molecule is C[C@@H]1C(=O)[C@@H](O)[C@@H](O)C2(CC(=O)N2)[C@@H]1C. The van der Waals surface area contributed by atoms with Crippen LogP contribution in [0.15, 0.2) is 0 Å². The minimum Gasteiger partial charge on any atom is -0.387 e. The van der Waals surface area contributed by atoms with Gasteiger partial charge in [-0.3, -0.25) is 9.59 Å². The first-order valence-electron chi connectivity index (χ1n) is 5.11. The molecule has 0 radical (unpaired) electrons. The summed E-state index contributed by atoms with van der Waals surface area (Å²) in [6.07, 6.45) is -2.38. The van der Waals surface area contributed by atoms with Crippen molar-refractivity contribution in [3.63, 3.8) is 0 Å². The van der Waals surface area contributed by atoms with E-state index in [-0.39, 0.29) is 29.9 Å². The van der Waals surface area contributed by atoms with Crippen LogP contribution in [0.1, 0.15) is 20.3 Å². The molecule has 1 aliphatic carbocycles. The number of Topliss-reactive ketones (excluding diaryl/α,β-unsaturated/α-hetero) is 1. The van der Waals surface area contributed by atoms with Gasteiger partial charge in [-0.2, -0.15) is 0 Å². The Morgan fingerprint density at radius 1 is 1.33 bits per heavy atom. The van der Waals surface area contributed by atoms with Gasteiger partial charge in [-0.25, -0.2) is 0 Å². The van der Waals surface area contributed by atoms with Crippen LogP contribution in [-0.4, -0.2) is 39.7 Å². The first-order valence-corrected chi connectivity index (χ1v) is 5.11. The quantitative estimate of drug-likeness (QED) is 0.442. The van der Waals surface area contributed by atoms with Gasteiger partial charge in [-0.1, -0.05) is 13.8 Å². The average Bonchev–Trinajstić information content (AvgIpc) is 2.17. The van der Waals surface area contributed by atoms with Crippen molar-refractivity contribution >= 4 is 11.7 Å². The molecule has 5 nitrogen and oxygen atoms in total. The lowest BCUT2D eigenvalue weighted by Crippen LogP contribution is -2.77. The van der Waals surface area contributed by atoms with Gasteiger partial charge in [0.2, 0.25) is 5.91 Å². The van der Waals surface area contributed by atoms with Crippen LogP contribution in [-0.2, 0) is 9.59 Å². The van der Waals surface area contributed by atoms with Gasteiger partial charge in [-0.05, 0) is 5.92 Å². The number of β-lactam (4-membered cyclic amide) rings is 1. The second-order valence-corrected chi connectivity index (χ2v) is 4.63. The van der Waals surface area contributed by atoms with E-state index < -0.39 is 17.7 Å². The second-order valence-electron chi connectivity index (χ2n) is 4.63. The molecular weight excluding hydrogens is 198 g/mol. The highest BCUT2D eigenvalue weighted by molar-refractivity contribution is 5.91. The van der Waals surface area contributed by atoms with E-state index in [1.165, 1.54) is 0 Å². The van der Waals surface area contributed by atoms with Crippen molar-refractivity contribution in [2.75, 3.05) is 0 Å². The highest BCUT2D eigenvalue weighted by Crippen LogP contribution is 2.42. The topological polar surface area (TPSA) is 86.6 Å². The first-order chi connectivity index (χ1) is 6.90. The van der Waals surface area contributed by atoms with Gasteiger partial charge >= 0.3 is 0 Å². The molecule has 0 aromatic heterocycles. The summed E-state index contributed by atoms with van der Waals surface area (Å²) in [7, 11) is 0. The molecule has 1 saturated heterocycles. The van der Waals surface area contributed by atoms with Gasteiger partial charge < -0.3 is 15.5 Å². The predicted octanol–water partition coefficient (Wildman–Crippen LogP) is -1.18. The summed E-state index contributed by atoms with van der Waals surface area (Å²) >= 11 is 0. The molecule has 0 bridgehead atoms. The maximum absolute atomic E-state index is 11.5. The lowest BCUT2D eigenvalue weighted by Gasteiger charge is -2.55. The first kappa shape index (κ1) is 10.6. The molecule has 1 amide bonds. The zero-order valence-corrected chi connectivity index (χ0v) is 8.73. The molecule has 1 unspecified atom stereocenters. The molecule has 1 heterocycles. The lowest BCUT2D eigenvalue weighted by molar-refractivity contribution is -0.174. The molecule has 2 fully saturated rings. The summed E-state index contributed by atoms with van der Waals surface area (Å²) in [5.41, 5.74) is -0.802. The van der Waals surface area contributed by atoms with Gasteiger partial charge in [0.1, 0.15) is 12.2 Å². The number of hydrogen-bond donors (Lipinski definition) is 3. The Balaban J connectivity index is 2.31. The van der Waals surface area contributed by atoms with Crippen molar-refractivity contribution in [2.24, 2.45) is 11.8 Å². The van der Waals surface area contributed by atoms with Crippen molar-refractivity contribution in [2.45, 2.75) is 38.0 Å². The van der Waals surface area contributed by atoms with E-state index in [1.54, 1.807) is 6.92 Å². The normalized spacial score (nSPS) is 50.1. The van der Waals surface area contributed by atoms with Crippen LogP contribution in [0.3, 0.4) is 0 Å². The van der Waals surface area contributed by atoms with Crippen molar-refractivity contribution in [1.29, 1.82) is 0 Å². The van der Waals surface area contributed by atoms with Gasteiger partial charge in [0.05, 0.1) is 12.0 Å². The number of rotatable bonds is 0. The van der Waals surface area contributed by atoms with Crippen molar-refractivity contribution < 1.29 is 19.8 Å². The van der Waals surface area contributed by atoms with E-state index in [0.29, 0.717) is 0 Å². The maximum Gasteiger partial charge on any atom is 0.223 e. The monoisotopic (exact) mass is 213 g/mol. The van der Waals surface area contributed by atoms with E-state index in [0.717, 1.165) is 0 Å². The Labute approximate surface area is 87.5 Å². The molecule has 1 spiro atoms. The van der Waals surface area contributed by atoms with Crippen LogP contribution < -0.4 is 5.32 Å². The number of nitrogens with one attached hydrogen (secondary N) is 1. The van der Waals surface area contributed by atoms with Gasteiger partial charge in [0, 0.05) is 5.92 Å². The average molecular weight is 213 g/mol. The molecule has 0 aromatic carbocycles.